The van der Waals surface area contributed by atoms with Crippen molar-refractivity contribution >= 4 is 10.8 Å². The van der Waals surface area contributed by atoms with Gasteiger partial charge in [-0.15, -0.1) is 0 Å². The molecule has 3 aromatic rings. The van der Waals surface area contributed by atoms with E-state index in [-0.39, 0.29) is 5.82 Å². The fourth-order valence-corrected chi connectivity index (χ4v) is 2.58. The molecule has 0 aliphatic rings. The first-order valence-corrected chi connectivity index (χ1v) is 7.05. The van der Waals surface area contributed by atoms with Gasteiger partial charge in [-0.25, -0.2) is 4.39 Å². The summed E-state index contributed by atoms with van der Waals surface area (Å²) in [6.45, 7) is 1.71. The molecule has 3 aromatic carbocycles. The maximum atomic E-state index is 13.3. The average Bonchev–Trinajstić information content (AvgIpc) is 2.50. The molecule has 2 heteroatoms. The van der Waals surface area contributed by atoms with Gasteiger partial charge in [-0.3, -0.25) is 0 Å². The molecule has 0 aromatic heterocycles. The Labute approximate surface area is 123 Å². The summed E-state index contributed by atoms with van der Waals surface area (Å²) >= 11 is 0. The molecule has 1 nitrogen and oxygen atoms in total. The van der Waals surface area contributed by atoms with E-state index >= 15 is 0 Å². The van der Waals surface area contributed by atoms with Crippen molar-refractivity contribution in [3.63, 3.8) is 0 Å². The van der Waals surface area contributed by atoms with Gasteiger partial charge in [0.2, 0.25) is 0 Å². The van der Waals surface area contributed by atoms with Crippen LogP contribution >= 0.6 is 0 Å². The van der Waals surface area contributed by atoms with E-state index in [2.05, 4.69) is 24.3 Å². The van der Waals surface area contributed by atoms with Crippen LogP contribution in [0.4, 0.5) is 4.39 Å². The van der Waals surface area contributed by atoms with E-state index in [0.29, 0.717) is 12.0 Å². The van der Waals surface area contributed by atoms with Gasteiger partial charge in [-0.05, 0) is 40.5 Å². The van der Waals surface area contributed by atoms with Gasteiger partial charge in [-0.2, -0.15) is 0 Å². The molecule has 0 amide bonds. The molecule has 0 fully saturated rings. The highest BCUT2D eigenvalue weighted by molar-refractivity contribution is 5.83. The average molecular weight is 280 g/mol. The molecule has 0 aliphatic carbocycles. The summed E-state index contributed by atoms with van der Waals surface area (Å²) in [7, 11) is 0. The van der Waals surface area contributed by atoms with Crippen molar-refractivity contribution in [2.45, 2.75) is 19.4 Å². The van der Waals surface area contributed by atoms with Crippen molar-refractivity contribution in [2.24, 2.45) is 0 Å². The molecule has 0 saturated heterocycles. The molecule has 1 unspecified atom stereocenters. The molecule has 1 atom stereocenters. The standard InChI is InChI=1S/C19H17FO/c1-13-10-17(8-9-18(13)20)19(21)12-14-6-7-15-4-2-3-5-16(15)11-14/h2-11,19,21H,12H2,1H3. The summed E-state index contributed by atoms with van der Waals surface area (Å²) in [4.78, 5) is 0. The Bertz CT molecular complexity index is 779. The number of aliphatic hydroxyl groups excluding tert-OH is 1. The Morgan fingerprint density at radius 3 is 2.48 bits per heavy atom. The van der Waals surface area contributed by atoms with Gasteiger partial charge in [-0.1, -0.05) is 54.6 Å². The van der Waals surface area contributed by atoms with Crippen molar-refractivity contribution in [2.75, 3.05) is 0 Å². The lowest BCUT2D eigenvalue weighted by Gasteiger charge is -2.13. The summed E-state index contributed by atoms with van der Waals surface area (Å²) in [5.74, 6) is -0.239. The first-order chi connectivity index (χ1) is 10.1. The minimum atomic E-state index is -0.620. The Kier molecular flexibility index (Phi) is 3.72. The Morgan fingerprint density at radius 2 is 1.71 bits per heavy atom. The lowest BCUT2D eigenvalue weighted by atomic mass is 9.98. The predicted octanol–water partition coefficient (Wildman–Crippen LogP) is 4.56. The number of hydrogen-bond acceptors (Lipinski definition) is 1. The molecule has 0 heterocycles. The maximum absolute atomic E-state index is 13.3. The van der Waals surface area contributed by atoms with Crippen LogP contribution in [0.25, 0.3) is 10.8 Å². The van der Waals surface area contributed by atoms with Gasteiger partial charge in [0.25, 0.3) is 0 Å². The Hall–Kier alpha value is -2.19. The summed E-state index contributed by atoms with van der Waals surface area (Å²) in [5, 5.41) is 12.7. The van der Waals surface area contributed by atoms with Crippen LogP contribution in [0.2, 0.25) is 0 Å². The maximum Gasteiger partial charge on any atom is 0.126 e. The fourth-order valence-electron chi connectivity index (χ4n) is 2.58. The fraction of sp³-hybridized carbons (Fsp3) is 0.158. The second kappa shape index (κ2) is 5.66. The van der Waals surface area contributed by atoms with Crippen molar-refractivity contribution in [3.05, 3.63) is 83.2 Å². The van der Waals surface area contributed by atoms with E-state index in [9.17, 15) is 9.50 Å². The number of aryl methyl sites for hydroxylation is 1. The largest absolute Gasteiger partial charge is 0.388 e. The minimum absolute atomic E-state index is 0.239. The van der Waals surface area contributed by atoms with Crippen LogP contribution in [0.1, 0.15) is 22.8 Å². The molecular weight excluding hydrogens is 263 g/mol. The van der Waals surface area contributed by atoms with Crippen LogP contribution in [-0.2, 0) is 6.42 Å². The molecule has 21 heavy (non-hydrogen) atoms. The first-order valence-electron chi connectivity index (χ1n) is 7.05. The molecule has 1 N–H and O–H groups in total. The van der Waals surface area contributed by atoms with Gasteiger partial charge >= 0.3 is 0 Å². The third-order valence-corrected chi connectivity index (χ3v) is 3.81. The number of fused-ring (bicyclic) bond motifs is 1. The molecule has 0 saturated carbocycles. The Morgan fingerprint density at radius 1 is 0.952 bits per heavy atom. The molecule has 0 bridgehead atoms. The highest BCUT2D eigenvalue weighted by Gasteiger charge is 2.10. The number of halogens is 1. The van der Waals surface area contributed by atoms with Crippen LogP contribution in [0.15, 0.2) is 60.7 Å². The van der Waals surface area contributed by atoms with Gasteiger partial charge in [0.15, 0.2) is 0 Å². The van der Waals surface area contributed by atoms with Crippen LogP contribution < -0.4 is 0 Å². The highest BCUT2D eigenvalue weighted by atomic mass is 19.1. The molecule has 106 valence electrons. The third kappa shape index (κ3) is 2.96. The van der Waals surface area contributed by atoms with E-state index in [1.54, 1.807) is 19.1 Å². The number of benzene rings is 3. The van der Waals surface area contributed by atoms with E-state index in [0.717, 1.165) is 16.5 Å². The van der Waals surface area contributed by atoms with Crippen molar-refractivity contribution in [3.8, 4) is 0 Å². The molecular formula is C19H17FO. The van der Waals surface area contributed by atoms with Crippen molar-refractivity contribution in [1.29, 1.82) is 0 Å². The van der Waals surface area contributed by atoms with E-state index in [1.165, 1.54) is 11.5 Å². The number of aliphatic hydroxyl groups is 1. The summed E-state index contributed by atoms with van der Waals surface area (Å²) in [6, 6.07) is 19.1. The summed E-state index contributed by atoms with van der Waals surface area (Å²) < 4.78 is 13.3. The predicted molar refractivity (Wildman–Crippen MR) is 83.7 cm³/mol. The summed E-state index contributed by atoms with van der Waals surface area (Å²) in [5.41, 5.74) is 2.38. The zero-order valence-electron chi connectivity index (χ0n) is 11.9. The topological polar surface area (TPSA) is 20.2 Å². The zero-order valence-corrected chi connectivity index (χ0v) is 11.9. The molecule has 0 spiro atoms. The first kappa shape index (κ1) is 13.8. The number of hydrogen-bond donors (Lipinski definition) is 1. The second-order valence-electron chi connectivity index (χ2n) is 5.41. The minimum Gasteiger partial charge on any atom is -0.388 e. The van der Waals surface area contributed by atoms with Gasteiger partial charge in [0, 0.05) is 6.42 Å². The quantitative estimate of drug-likeness (QED) is 0.745. The van der Waals surface area contributed by atoms with Gasteiger partial charge < -0.3 is 5.11 Å². The lowest BCUT2D eigenvalue weighted by molar-refractivity contribution is 0.178. The van der Waals surface area contributed by atoms with Crippen LogP contribution in [0.3, 0.4) is 0 Å². The van der Waals surface area contributed by atoms with Crippen LogP contribution in [0.5, 0.6) is 0 Å². The van der Waals surface area contributed by atoms with E-state index < -0.39 is 6.10 Å². The third-order valence-electron chi connectivity index (χ3n) is 3.81. The van der Waals surface area contributed by atoms with E-state index in [1.807, 2.05) is 18.2 Å². The monoisotopic (exact) mass is 280 g/mol. The normalized spacial score (nSPS) is 12.5. The van der Waals surface area contributed by atoms with Gasteiger partial charge in [0.1, 0.15) is 5.82 Å². The molecule has 0 aliphatic heterocycles. The number of rotatable bonds is 3. The van der Waals surface area contributed by atoms with Crippen molar-refractivity contribution in [1.82, 2.24) is 0 Å². The van der Waals surface area contributed by atoms with E-state index in [4.69, 9.17) is 0 Å². The second-order valence-corrected chi connectivity index (χ2v) is 5.41. The smallest absolute Gasteiger partial charge is 0.126 e. The zero-order chi connectivity index (χ0) is 14.8. The Balaban J connectivity index is 1.85. The lowest BCUT2D eigenvalue weighted by Crippen LogP contribution is -2.02. The van der Waals surface area contributed by atoms with Crippen LogP contribution in [0, 0.1) is 12.7 Å². The molecule has 0 radical (unpaired) electrons. The van der Waals surface area contributed by atoms with Crippen LogP contribution in [-0.4, -0.2) is 5.11 Å². The molecule has 3 rings (SSSR count). The van der Waals surface area contributed by atoms with Crippen molar-refractivity contribution < 1.29 is 9.50 Å². The summed E-state index contributed by atoms with van der Waals surface area (Å²) in [6.07, 6.45) is -0.0962. The van der Waals surface area contributed by atoms with Gasteiger partial charge in [0.05, 0.1) is 6.10 Å². The SMILES string of the molecule is Cc1cc(C(O)Cc2ccc3ccccc3c2)ccc1F. The highest BCUT2D eigenvalue weighted by Crippen LogP contribution is 2.23.